The first-order chi connectivity index (χ1) is 9.01. The van der Waals surface area contributed by atoms with Crippen molar-refractivity contribution >= 4 is 78.8 Å². The van der Waals surface area contributed by atoms with Gasteiger partial charge in [-0.3, -0.25) is 13.6 Å². The molecule has 0 saturated heterocycles. The minimum Gasteiger partial charge on any atom is -0.286 e. The second-order valence-corrected chi connectivity index (χ2v) is 7.77. The number of hydrogen-bond acceptors (Lipinski definition) is 4. The summed E-state index contributed by atoms with van der Waals surface area (Å²) in [7, 11) is -3.62. The number of phosphoric acid groups is 1. The van der Waals surface area contributed by atoms with Crippen LogP contribution in [-0.2, 0) is 18.1 Å². The quantitative estimate of drug-likeness (QED) is 0.269. The molecule has 0 N–H and O–H groups in total. The topological polar surface area (TPSA) is 44.8 Å². The van der Waals surface area contributed by atoms with Crippen LogP contribution in [0.15, 0.2) is 0 Å². The van der Waals surface area contributed by atoms with E-state index in [2.05, 4.69) is 47.8 Å². The average molecular weight is 530 g/mol. The fourth-order valence-corrected chi connectivity index (χ4v) is 5.77. The Morgan fingerprint density at radius 2 is 1.32 bits per heavy atom. The Balaban J connectivity index is 4.58. The molecule has 0 saturated carbocycles. The van der Waals surface area contributed by atoms with Gasteiger partial charge in [0, 0.05) is 33.2 Å². The van der Waals surface area contributed by atoms with Gasteiger partial charge in [0.15, 0.2) is 0 Å². The van der Waals surface area contributed by atoms with Crippen LogP contribution in [0.2, 0.25) is 0 Å². The third kappa shape index (κ3) is 8.36. The summed E-state index contributed by atoms with van der Waals surface area (Å²) in [5, 5.41) is 2.00. The van der Waals surface area contributed by atoms with Crippen molar-refractivity contribution in [2.75, 3.05) is 47.6 Å². The van der Waals surface area contributed by atoms with E-state index in [9.17, 15) is 4.57 Å². The van der Waals surface area contributed by atoms with Crippen molar-refractivity contribution in [1.29, 1.82) is 0 Å². The summed E-state index contributed by atoms with van der Waals surface area (Å²) < 4.78 is 27.8. The first kappa shape index (κ1) is 21.1. The highest BCUT2D eigenvalue weighted by Gasteiger charge is 2.34. The summed E-state index contributed by atoms with van der Waals surface area (Å²) in [5.74, 6) is 0.413. The van der Waals surface area contributed by atoms with E-state index in [4.69, 9.17) is 36.8 Å². The zero-order valence-corrected chi connectivity index (χ0v) is 17.3. The lowest BCUT2D eigenvalue weighted by molar-refractivity contribution is 0.0970. The number of rotatable bonds is 12. The summed E-state index contributed by atoms with van der Waals surface area (Å²) in [5.41, 5.74) is -0.246. The summed E-state index contributed by atoms with van der Waals surface area (Å²) in [6, 6.07) is 0. The van der Waals surface area contributed by atoms with Gasteiger partial charge in [0.1, 0.15) is 0 Å². The van der Waals surface area contributed by atoms with Crippen molar-refractivity contribution in [1.82, 2.24) is 0 Å². The maximum absolute atomic E-state index is 12.3. The summed E-state index contributed by atoms with van der Waals surface area (Å²) in [6.45, 7) is 0.382. The van der Waals surface area contributed by atoms with E-state index < -0.39 is 7.82 Å². The van der Waals surface area contributed by atoms with E-state index in [1.54, 1.807) is 0 Å². The number of hydrogen-bond donors (Lipinski definition) is 0. The highest BCUT2D eigenvalue weighted by molar-refractivity contribution is 9.10. The Kier molecular flexibility index (Phi) is 13.0. The number of alkyl halides is 5. The molecule has 0 fully saturated rings. The Morgan fingerprint density at radius 1 is 0.895 bits per heavy atom. The van der Waals surface area contributed by atoms with Crippen molar-refractivity contribution in [3.05, 3.63) is 0 Å². The molecule has 0 rings (SSSR count). The van der Waals surface area contributed by atoms with Crippen molar-refractivity contribution in [3.8, 4) is 0 Å². The van der Waals surface area contributed by atoms with Gasteiger partial charge in [0.05, 0.1) is 19.8 Å². The predicted molar refractivity (Wildman–Crippen MR) is 90.7 cm³/mol. The molecule has 10 heteroatoms. The van der Waals surface area contributed by atoms with Gasteiger partial charge in [0.25, 0.3) is 0 Å². The van der Waals surface area contributed by atoms with E-state index >= 15 is 0 Å². The lowest BCUT2D eigenvalue weighted by atomic mass is 9.98. The minimum atomic E-state index is -3.62. The van der Waals surface area contributed by atoms with Gasteiger partial charge in [-0.15, -0.1) is 23.2 Å². The van der Waals surface area contributed by atoms with Crippen LogP contribution in [0.3, 0.4) is 0 Å². The smallest absolute Gasteiger partial charge is 0.286 e. The van der Waals surface area contributed by atoms with Crippen molar-refractivity contribution in [2.24, 2.45) is 5.41 Å². The molecule has 19 heavy (non-hydrogen) atoms. The molecule has 0 spiro atoms. The molecule has 0 amide bonds. The lowest BCUT2D eigenvalue weighted by Gasteiger charge is -2.29. The Labute approximate surface area is 149 Å². The molecule has 0 aliphatic carbocycles. The van der Waals surface area contributed by atoms with Gasteiger partial charge in [-0.2, -0.15) is 0 Å². The zero-order chi connectivity index (χ0) is 14.8. The van der Waals surface area contributed by atoms with Crippen LogP contribution in [0.25, 0.3) is 0 Å². The van der Waals surface area contributed by atoms with Crippen LogP contribution < -0.4 is 0 Å². The molecule has 0 heterocycles. The van der Waals surface area contributed by atoms with Crippen molar-refractivity contribution in [2.45, 2.75) is 0 Å². The second kappa shape index (κ2) is 11.7. The van der Waals surface area contributed by atoms with Gasteiger partial charge >= 0.3 is 7.82 Å². The molecule has 0 aromatic carbocycles. The summed E-state index contributed by atoms with van der Waals surface area (Å²) in [4.78, 5) is 0. The van der Waals surface area contributed by atoms with Crippen LogP contribution >= 0.6 is 78.8 Å². The van der Waals surface area contributed by atoms with E-state index in [0.717, 1.165) is 0 Å². The summed E-state index contributed by atoms with van der Waals surface area (Å²) >= 11 is 21.3. The maximum Gasteiger partial charge on any atom is 0.474 e. The lowest BCUT2D eigenvalue weighted by Crippen LogP contribution is -2.32. The first-order valence-electron chi connectivity index (χ1n) is 5.35. The van der Waals surface area contributed by atoms with Gasteiger partial charge in [-0.05, 0) is 0 Å². The van der Waals surface area contributed by atoms with Gasteiger partial charge in [0.2, 0.25) is 0 Å². The molecular formula is C9H16Br3Cl2O4P. The monoisotopic (exact) mass is 526 g/mol. The zero-order valence-electron chi connectivity index (χ0n) is 10.1. The average Bonchev–Trinajstić information content (AvgIpc) is 2.45. The predicted octanol–water partition coefficient (Wildman–Crippen LogP) is 4.79. The van der Waals surface area contributed by atoms with Gasteiger partial charge in [-0.1, -0.05) is 47.8 Å². The SMILES string of the molecule is O=P(OCCCl)(OCCCl)OCC(CBr)(CBr)CBr. The van der Waals surface area contributed by atoms with Crippen molar-refractivity contribution in [3.63, 3.8) is 0 Å². The van der Waals surface area contributed by atoms with Gasteiger partial charge in [-0.25, -0.2) is 4.57 Å². The molecule has 0 aromatic heterocycles. The van der Waals surface area contributed by atoms with E-state index in [0.29, 0.717) is 16.0 Å². The van der Waals surface area contributed by atoms with Crippen molar-refractivity contribution < 1.29 is 18.1 Å². The molecule has 0 aliphatic heterocycles. The summed E-state index contributed by atoms with van der Waals surface area (Å²) in [6.07, 6.45) is 0. The molecule has 0 bridgehead atoms. The molecule has 116 valence electrons. The van der Waals surface area contributed by atoms with E-state index in [-0.39, 0.29) is 37.0 Å². The Morgan fingerprint density at radius 3 is 1.63 bits per heavy atom. The normalized spacial score (nSPS) is 12.9. The number of halogens is 5. The third-order valence-electron chi connectivity index (χ3n) is 2.03. The standard InChI is InChI=1S/C9H16Br3Cl2O4P/c10-5-9(6-11,7-12)8-18-19(15,16-3-1-13)17-4-2-14/h1-8H2. The van der Waals surface area contributed by atoms with Gasteiger partial charge < -0.3 is 0 Å². The molecule has 4 nitrogen and oxygen atoms in total. The molecule has 0 radical (unpaired) electrons. The first-order valence-corrected chi connectivity index (χ1v) is 11.2. The van der Waals surface area contributed by atoms with Crippen LogP contribution in [0.4, 0.5) is 0 Å². The third-order valence-corrected chi connectivity index (χ3v) is 7.35. The highest BCUT2D eigenvalue weighted by Crippen LogP contribution is 2.50. The molecule has 0 unspecified atom stereocenters. The molecule has 0 aliphatic rings. The maximum atomic E-state index is 12.3. The fourth-order valence-electron chi connectivity index (χ4n) is 0.843. The van der Waals surface area contributed by atoms with Crippen LogP contribution in [0, 0.1) is 5.41 Å². The Hall–Kier alpha value is 2.13. The Bertz CT molecular complexity index is 262. The van der Waals surface area contributed by atoms with E-state index in [1.807, 2.05) is 0 Å². The van der Waals surface area contributed by atoms with Crippen LogP contribution in [0.1, 0.15) is 0 Å². The molecule has 0 atom stereocenters. The molecular weight excluding hydrogens is 514 g/mol. The van der Waals surface area contributed by atoms with E-state index in [1.165, 1.54) is 0 Å². The number of phosphoric ester groups is 1. The largest absolute Gasteiger partial charge is 0.474 e. The molecule has 0 aromatic rings. The fraction of sp³-hybridized carbons (Fsp3) is 1.00. The minimum absolute atomic E-state index is 0.0883. The van der Waals surface area contributed by atoms with Crippen LogP contribution in [0.5, 0.6) is 0 Å². The highest BCUT2D eigenvalue weighted by atomic mass is 79.9. The second-order valence-electron chi connectivity index (χ2n) is 3.67. The van der Waals surface area contributed by atoms with Crippen LogP contribution in [-0.4, -0.2) is 47.6 Å².